The molecule has 8 nitrogen and oxygen atoms in total. The van der Waals surface area contributed by atoms with E-state index in [1.807, 2.05) is 44.7 Å². The van der Waals surface area contributed by atoms with Gasteiger partial charge >= 0.3 is 0 Å². The van der Waals surface area contributed by atoms with Gasteiger partial charge in [-0.2, -0.15) is 0 Å². The fourth-order valence-electron chi connectivity index (χ4n) is 4.22. The quantitative estimate of drug-likeness (QED) is 0.451. The van der Waals surface area contributed by atoms with Crippen molar-refractivity contribution in [3.63, 3.8) is 0 Å². The summed E-state index contributed by atoms with van der Waals surface area (Å²) in [4.78, 5) is 38.2. The molecule has 1 atom stereocenters. The standard InChI is InChI=1S/C24H27ClN4O4/c1-12-5-8-17(33-12)23(24(2,3)4)28-20-19(21(31)22(20)32)27-16-7-6-15(25)13-9-29(10-14(13)16)11-18(26)30/h5-8,23,27-28H,9-11H2,1-4H3,(H2,26,30)/t23-/m0/s1. The maximum Gasteiger partial charge on any atom is 0.253 e. The number of carbonyl (C=O) groups is 1. The molecule has 0 radical (unpaired) electrons. The van der Waals surface area contributed by atoms with Crippen molar-refractivity contribution < 1.29 is 9.21 Å². The van der Waals surface area contributed by atoms with E-state index in [0.717, 1.165) is 16.9 Å². The third kappa shape index (κ3) is 4.41. The lowest BCUT2D eigenvalue weighted by atomic mass is 9.85. The van der Waals surface area contributed by atoms with Gasteiger partial charge in [0.1, 0.15) is 22.9 Å². The second kappa shape index (κ2) is 8.35. The summed E-state index contributed by atoms with van der Waals surface area (Å²) in [7, 11) is 0. The molecule has 1 aliphatic heterocycles. The number of benzene rings is 1. The predicted molar refractivity (Wildman–Crippen MR) is 129 cm³/mol. The molecule has 9 heteroatoms. The number of nitrogens with zero attached hydrogens (tertiary/aromatic N) is 1. The lowest BCUT2D eigenvalue weighted by Crippen LogP contribution is -2.39. The first-order valence-corrected chi connectivity index (χ1v) is 11.1. The van der Waals surface area contributed by atoms with Gasteiger partial charge in [-0.3, -0.25) is 19.3 Å². The van der Waals surface area contributed by atoms with E-state index < -0.39 is 16.8 Å². The molecule has 0 fully saturated rings. The summed E-state index contributed by atoms with van der Waals surface area (Å²) >= 11 is 6.37. The Hall–Kier alpha value is -3.10. The van der Waals surface area contributed by atoms with Crippen LogP contribution in [0.15, 0.2) is 38.3 Å². The molecule has 0 saturated heterocycles. The van der Waals surface area contributed by atoms with E-state index in [0.29, 0.717) is 29.6 Å². The van der Waals surface area contributed by atoms with Gasteiger partial charge in [0, 0.05) is 23.8 Å². The lowest BCUT2D eigenvalue weighted by molar-refractivity contribution is -0.119. The summed E-state index contributed by atoms with van der Waals surface area (Å²) < 4.78 is 5.81. The highest BCUT2D eigenvalue weighted by Crippen LogP contribution is 2.39. The molecule has 4 rings (SSSR count). The van der Waals surface area contributed by atoms with Gasteiger partial charge in [0.2, 0.25) is 5.91 Å². The molecule has 4 N–H and O–H groups in total. The largest absolute Gasteiger partial charge is 0.464 e. The van der Waals surface area contributed by atoms with E-state index in [1.165, 1.54) is 0 Å². The van der Waals surface area contributed by atoms with Gasteiger partial charge in [-0.05, 0) is 47.7 Å². The van der Waals surface area contributed by atoms with Crippen LogP contribution < -0.4 is 27.2 Å². The molecule has 0 unspecified atom stereocenters. The van der Waals surface area contributed by atoms with Crippen molar-refractivity contribution in [2.45, 2.75) is 46.8 Å². The van der Waals surface area contributed by atoms with Crippen molar-refractivity contribution in [1.29, 1.82) is 0 Å². The number of aryl methyl sites for hydroxylation is 1. The van der Waals surface area contributed by atoms with Crippen molar-refractivity contribution >= 4 is 34.6 Å². The number of halogens is 1. The Morgan fingerprint density at radius 2 is 1.79 bits per heavy atom. The molecule has 174 valence electrons. The number of anilines is 3. The van der Waals surface area contributed by atoms with E-state index in [4.69, 9.17) is 21.8 Å². The summed E-state index contributed by atoms with van der Waals surface area (Å²) in [6, 6.07) is 6.92. The lowest BCUT2D eigenvalue weighted by Gasteiger charge is -2.31. The van der Waals surface area contributed by atoms with Crippen LogP contribution in [0.3, 0.4) is 0 Å². The van der Waals surface area contributed by atoms with Gasteiger partial charge in [0.25, 0.3) is 10.9 Å². The van der Waals surface area contributed by atoms with Crippen LogP contribution in [0.1, 0.15) is 49.5 Å². The Bertz CT molecular complexity index is 1300. The van der Waals surface area contributed by atoms with Crippen LogP contribution in [0.4, 0.5) is 17.1 Å². The average Bonchev–Trinajstić information content (AvgIpc) is 3.33. The Balaban J connectivity index is 1.65. The molecular formula is C24H27ClN4O4. The SMILES string of the molecule is Cc1ccc([C@H](Nc2c(Nc3ccc(Cl)c4c3CN(CC(N)=O)C4)c(=O)c2=O)C(C)(C)C)o1. The molecule has 2 aromatic carbocycles. The molecular weight excluding hydrogens is 444 g/mol. The number of primary amides is 1. The molecule has 0 bridgehead atoms. The molecule has 0 aliphatic carbocycles. The number of fused-ring (bicyclic) bond motifs is 1. The summed E-state index contributed by atoms with van der Waals surface area (Å²) in [5.41, 5.74) is 6.73. The minimum atomic E-state index is -0.587. The summed E-state index contributed by atoms with van der Waals surface area (Å²) in [5.74, 6) is 1.03. The van der Waals surface area contributed by atoms with Gasteiger partial charge in [-0.1, -0.05) is 32.4 Å². The number of rotatable bonds is 7. The summed E-state index contributed by atoms with van der Waals surface area (Å²) in [5, 5.41) is 6.96. The zero-order valence-corrected chi connectivity index (χ0v) is 19.8. The highest BCUT2D eigenvalue weighted by atomic mass is 35.5. The third-order valence-corrected chi connectivity index (χ3v) is 6.24. The fourth-order valence-corrected chi connectivity index (χ4v) is 4.46. The Kier molecular flexibility index (Phi) is 5.84. The minimum absolute atomic E-state index is 0.104. The molecule has 3 aromatic rings. The number of hydrogen-bond donors (Lipinski definition) is 3. The smallest absolute Gasteiger partial charge is 0.253 e. The molecule has 0 saturated carbocycles. The molecule has 1 amide bonds. The van der Waals surface area contributed by atoms with Crippen LogP contribution in [0.2, 0.25) is 5.02 Å². The van der Waals surface area contributed by atoms with E-state index >= 15 is 0 Å². The van der Waals surface area contributed by atoms with E-state index in [1.54, 1.807) is 12.1 Å². The van der Waals surface area contributed by atoms with E-state index in [-0.39, 0.29) is 29.4 Å². The van der Waals surface area contributed by atoms with Crippen LogP contribution in [-0.4, -0.2) is 17.4 Å². The fraction of sp³-hybridized carbons (Fsp3) is 0.375. The number of furan rings is 1. The average molecular weight is 471 g/mol. The molecule has 2 heterocycles. The maximum absolute atomic E-state index is 12.5. The molecule has 0 spiro atoms. The van der Waals surface area contributed by atoms with Gasteiger partial charge in [0.05, 0.1) is 12.6 Å². The van der Waals surface area contributed by atoms with Gasteiger partial charge in [-0.25, -0.2) is 0 Å². The topological polar surface area (TPSA) is 118 Å². The zero-order valence-electron chi connectivity index (χ0n) is 19.0. The predicted octanol–water partition coefficient (Wildman–Crippen LogP) is 3.58. The maximum atomic E-state index is 12.5. The number of hydrogen-bond acceptors (Lipinski definition) is 7. The highest BCUT2D eigenvalue weighted by Gasteiger charge is 2.33. The first kappa shape index (κ1) is 23.1. The number of nitrogens with one attached hydrogen (secondary N) is 2. The first-order chi connectivity index (χ1) is 15.5. The van der Waals surface area contributed by atoms with Crippen molar-refractivity contribution in [2.24, 2.45) is 11.1 Å². The van der Waals surface area contributed by atoms with Crippen LogP contribution >= 0.6 is 11.6 Å². The number of nitrogens with two attached hydrogens (primary N) is 1. The van der Waals surface area contributed by atoms with Gasteiger partial charge < -0.3 is 20.8 Å². The Morgan fingerprint density at radius 3 is 2.39 bits per heavy atom. The molecule has 1 aliphatic rings. The number of carbonyl (C=O) groups excluding carboxylic acids is 1. The van der Waals surface area contributed by atoms with Gasteiger partial charge in [0.15, 0.2) is 0 Å². The number of amides is 1. The van der Waals surface area contributed by atoms with Crippen LogP contribution in [0.25, 0.3) is 0 Å². The third-order valence-electron chi connectivity index (χ3n) is 5.89. The second-order valence-electron chi connectivity index (χ2n) is 9.59. The van der Waals surface area contributed by atoms with Crippen LogP contribution in [0.5, 0.6) is 0 Å². The van der Waals surface area contributed by atoms with Crippen molar-refractivity contribution in [1.82, 2.24) is 4.90 Å². The molecule has 1 aromatic heterocycles. The molecule has 33 heavy (non-hydrogen) atoms. The van der Waals surface area contributed by atoms with Crippen LogP contribution in [-0.2, 0) is 17.9 Å². The minimum Gasteiger partial charge on any atom is -0.464 e. The van der Waals surface area contributed by atoms with Crippen molar-refractivity contribution in [3.8, 4) is 0 Å². The first-order valence-electron chi connectivity index (χ1n) is 10.7. The van der Waals surface area contributed by atoms with Crippen molar-refractivity contribution in [2.75, 3.05) is 17.2 Å². The van der Waals surface area contributed by atoms with Gasteiger partial charge in [-0.15, -0.1) is 0 Å². The van der Waals surface area contributed by atoms with E-state index in [9.17, 15) is 14.4 Å². The monoisotopic (exact) mass is 470 g/mol. The zero-order chi connectivity index (χ0) is 24.1. The summed E-state index contributed by atoms with van der Waals surface area (Å²) in [6.45, 7) is 8.98. The van der Waals surface area contributed by atoms with Crippen molar-refractivity contribution in [3.05, 3.63) is 72.4 Å². The van der Waals surface area contributed by atoms with E-state index in [2.05, 4.69) is 10.6 Å². The highest BCUT2D eigenvalue weighted by molar-refractivity contribution is 6.31. The van der Waals surface area contributed by atoms with Crippen LogP contribution in [0, 0.1) is 12.3 Å². The Morgan fingerprint density at radius 1 is 1.12 bits per heavy atom. The normalized spacial score (nSPS) is 14.9. The second-order valence-corrected chi connectivity index (χ2v) is 10.00. The Labute approximate surface area is 196 Å². The summed E-state index contributed by atoms with van der Waals surface area (Å²) in [6.07, 6.45) is 0.